The first-order valence-electron chi connectivity index (χ1n) is 4.14. The molecular weight excluding hydrogens is 218 g/mol. The Kier molecular flexibility index (Phi) is 3.71. The minimum Gasteiger partial charge on any atom is -0.506 e. The van der Waals surface area contributed by atoms with Crippen molar-refractivity contribution < 1.29 is 15.1 Å². The first-order chi connectivity index (χ1) is 7.00. The van der Waals surface area contributed by atoms with Crippen molar-refractivity contribution in [2.45, 2.75) is 0 Å². The molecule has 0 aliphatic rings. The maximum absolute atomic E-state index is 11.0. The van der Waals surface area contributed by atoms with Crippen LogP contribution in [0.15, 0.2) is 24.3 Å². The van der Waals surface area contributed by atoms with E-state index in [1.54, 1.807) is 6.07 Å². The van der Waals surface area contributed by atoms with Gasteiger partial charge in [-0.1, -0.05) is 17.7 Å². The highest BCUT2D eigenvalue weighted by atomic mass is 35.5. The third-order valence-corrected chi connectivity index (χ3v) is 2.03. The molecule has 0 radical (unpaired) electrons. The van der Waals surface area contributed by atoms with Crippen molar-refractivity contribution in [2.75, 3.05) is 7.05 Å². The van der Waals surface area contributed by atoms with Crippen LogP contribution in [0.4, 0.5) is 0 Å². The van der Waals surface area contributed by atoms with E-state index in [-0.39, 0.29) is 10.8 Å². The molecule has 0 aromatic heterocycles. The van der Waals surface area contributed by atoms with Gasteiger partial charge in [-0.15, -0.1) is 0 Å². The maximum atomic E-state index is 11.0. The second kappa shape index (κ2) is 4.82. The molecule has 0 aliphatic heterocycles. The largest absolute Gasteiger partial charge is 0.506 e. The molecule has 0 spiro atoms. The molecule has 0 heterocycles. The number of likely N-dealkylation sites (N-methyl/N-ethyl adjacent to an activating group) is 1. The number of rotatable bonds is 2. The molecule has 0 unspecified atom stereocenters. The van der Waals surface area contributed by atoms with Crippen LogP contribution in [0.2, 0.25) is 5.02 Å². The Morgan fingerprint density at radius 1 is 1.53 bits per heavy atom. The van der Waals surface area contributed by atoms with Crippen LogP contribution in [0.3, 0.4) is 0 Å². The molecule has 80 valence electrons. The average molecular weight is 228 g/mol. The van der Waals surface area contributed by atoms with E-state index in [0.29, 0.717) is 10.6 Å². The van der Waals surface area contributed by atoms with Gasteiger partial charge in [-0.05, 0) is 23.8 Å². The number of carbonyl (C=O) groups is 1. The minimum absolute atomic E-state index is 0.0522. The van der Waals surface area contributed by atoms with Gasteiger partial charge in [-0.25, -0.2) is 5.06 Å². The highest BCUT2D eigenvalue weighted by Gasteiger charge is 2.00. The van der Waals surface area contributed by atoms with Gasteiger partial charge >= 0.3 is 0 Å². The summed E-state index contributed by atoms with van der Waals surface area (Å²) in [6, 6.07) is 4.58. The van der Waals surface area contributed by atoms with Gasteiger partial charge in [-0.3, -0.25) is 10.0 Å². The van der Waals surface area contributed by atoms with Gasteiger partial charge < -0.3 is 5.11 Å². The summed E-state index contributed by atoms with van der Waals surface area (Å²) in [5.41, 5.74) is 0.618. The van der Waals surface area contributed by atoms with Crippen molar-refractivity contribution in [1.29, 1.82) is 0 Å². The predicted octanol–water partition coefficient (Wildman–Crippen LogP) is 1.91. The van der Waals surface area contributed by atoms with Gasteiger partial charge in [0.2, 0.25) is 0 Å². The number of nitrogens with zero attached hydrogens (tertiary/aromatic N) is 1. The van der Waals surface area contributed by atoms with E-state index in [1.807, 2.05) is 0 Å². The molecule has 1 aromatic carbocycles. The fraction of sp³-hybridized carbons (Fsp3) is 0.100. The highest BCUT2D eigenvalue weighted by molar-refractivity contribution is 6.32. The van der Waals surface area contributed by atoms with Crippen LogP contribution in [0, 0.1) is 0 Å². The van der Waals surface area contributed by atoms with Crippen molar-refractivity contribution in [3.8, 4) is 5.75 Å². The Bertz CT molecular complexity index is 402. The summed E-state index contributed by atoms with van der Waals surface area (Å²) >= 11 is 5.60. The second-order valence-corrected chi connectivity index (χ2v) is 3.31. The molecule has 0 atom stereocenters. The molecule has 0 fully saturated rings. The van der Waals surface area contributed by atoms with E-state index in [4.69, 9.17) is 16.8 Å². The Morgan fingerprint density at radius 2 is 2.20 bits per heavy atom. The summed E-state index contributed by atoms with van der Waals surface area (Å²) in [5, 5.41) is 18.7. The normalized spacial score (nSPS) is 10.6. The molecule has 4 nitrogen and oxygen atoms in total. The molecule has 15 heavy (non-hydrogen) atoms. The van der Waals surface area contributed by atoms with E-state index in [1.165, 1.54) is 31.3 Å². The Morgan fingerprint density at radius 3 is 2.73 bits per heavy atom. The smallest absolute Gasteiger partial charge is 0.269 e. The van der Waals surface area contributed by atoms with Gasteiger partial charge in [0.25, 0.3) is 5.91 Å². The van der Waals surface area contributed by atoms with Crippen molar-refractivity contribution in [3.05, 3.63) is 34.9 Å². The highest BCUT2D eigenvalue weighted by Crippen LogP contribution is 2.24. The van der Waals surface area contributed by atoms with Crippen LogP contribution in [0.5, 0.6) is 5.75 Å². The van der Waals surface area contributed by atoms with Crippen LogP contribution in [0.25, 0.3) is 6.08 Å². The molecule has 0 saturated carbocycles. The lowest BCUT2D eigenvalue weighted by Crippen LogP contribution is -2.19. The number of benzene rings is 1. The predicted molar refractivity (Wildman–Crippen MR) is 56.7 cm³/mol. The second-order valence-electron chi connectivity index (χ2n) is 2.91. The monoisotopic (exact) mass is 227 g/mol. The summed E-state index contributed by atoms with van der Waals surface area (Å²) in [5.74, 6) is -0.604. The van der Waals surface area contributed by atoms with E-state index in [9.17, 15) is 9.90 Å². The lowest BCUT2D eigenvalue weighted by atomic mass is 10.2. The SMILES string of the molecule is CN(O)C(=O)C=Cc1ccc(Cl)c(O)c1. The number of phenolic OH excluding ortho intramolecular Hbond substituents is 1. The molecule has 0 aliphatic carbocycles. The topological polar surface area (TPSA) is 60.8 Å². The van der Waals surface area contributed by atoms with E-state index < -0.39 is 5.91 Å². The number of carbonyl (C=O) groups excluding carboxylic acids is 1. The fourth-order valence-electron chi connectivity index (χ4n) is 0.909. The van der Waals surface area contributed by atoms with Gasteiger partial charge in [-0.2, -0.15) is 0 Å². The van der Waals surface area contributed by atoms with Crippen molar-refractivity contribution >= 4 is 23.6 Å². The van der Waals surface area contributed by atoms with E-state index >= 15 is 0 Å². The molecule has 1 amide bonds. The number of hydroxylamine groups is 2. The third-order valence-electron chi connectivity index (χ3n) is 1.71. The van der Waals surface area contributed by atoms with Crippen LogP contribution < -0.4 is 0 Å². The quantitative estimate of drug-likeness (QED) is 0.461. The number of amides is 1. The van der Waals surface area contributed by atoms with Crippen LogP contribution >= 0.6 is 11.6 Å². The van der Waals surface area contributed by atoms with E-state index in [2.05, 4.69) is 0 Å². The first-order valence-corrected chi connectivity index (χ1v) is 4.51. The van der Waals surface area contributed by atoms with Gasteiger partial charge in [0, 0.05) is 13.1 Å². The fourth-order valence-corrected chi connectivity index (χ4v) is 1.03. The zero-order valence-electron chi connectivity index (χ0n) is 8.01. The van der Waals surface area contributed by atoms with Gasteiger partial charge in [0.15, 0.2) is 0 Å². The first kappa shape index (κ1) is 11.6. The summed E-state index contributed by atoms with van der Waals surface area (Å²) in [6.45, 7) is 0. The van der Waals surface area contributed by atoms with Gasteiger partial charge in [0.1, 0.15) is 5.75 Å². The number of aromatic hydroxyl groups is 1. The lowest BCUT2D eigenvalue weighted by molar-refractivity contribution is -0.153. The minimum atomic E-state index is -0.551. The molecule has 1 rings (SSSR count). The Hall–Kier alpha value is -1.52. The standard InChI is InChI=1S/C10H10ClNO3/c1-12(15)10(14)5-3-7-2-4-8(11)9(13)6-7/h2-6,13,15H,1H3. The third kappa shape index (κ3) is 3.27. The van der Waals surface area contributed by atoms with Crippen LogP contribution in [0.1, 0.15) is 5.56 Å². The van der Waals surface area contributed by atoms with Crippen molar-refractivity contribution in [3.63, 3.8) is 0 Å². The van der Waals surface area contributed by atoms with Crippen LogP contribution in [-0.4, -0.2) is 28.3 Å². The lowest BCUT2D eigenvalue weighted by Gasteiger charge is -2.03. The van der Waals surface area contributed by atoms with Crippen LogP contribution in [-0.2, 0) is 4.79 Å². The number of halogens is 1. The average Bonchev–Trinajstić information content (AvgIpc) is 2.19. The van der Waals surface area contributed by atoms with Gasteiger partial charge in [0.05, 0.1) is 5.02 Å². The molecule has 0 saturated heterocycles. The Labute approximate surface area is 92.0 Å². The molecule has 2 N–H and O–H groups in total. The van der Waals surface area contributed by atoms with Crippen molar-refractivity contribution in [1.82, 2.24) is 5.06 Å². The summed E-state index contributed by atoms with van der Waals surface area (Å²) in [4.78, 5) is 11.0. The summed E-state index contributed by atoms with van der Waals surface area (Å²) in [6.07, 6.45) is 2.65. The number of phenols is 1. The van der Waals surface area contributed by atoms with Crippen molar-refractivity contribution in [2.24, 2.45) is 0 Å². The molecular formula is C10H10ClNO3. The maximum Gasteiger partial charge on any atom is 0.269 e. The number of hydrogen-bond donors (Lipinski definition) is 2. The summed E-state index contributed by atoms with van der Waals surface area (Å²) < 4.78 is 0. The zero-order valence-corrected chi connectivity index (χ0v) is 8.77. The molecule has 0 bridgehead atoms. The van der Waals surface area contributed by atoms with E-state index in [0.717, 1.165) is 0 Å². The zero-order chi connectivity index (χ0) is 11.4. The number of hydrogen-bond acceptors (Lipinski definition) is 3. The Balaban J connectivity index is 2.81. The summed E-state index contributed by atoms with van der Waals surface area (Å²) in [7, 11) is 1.23. The molecule has 5 heteroatoms. The molecule has 1 aromatic rings.